The molecule has 7 heteroatoms. The van der Waals surface area contributed by atoms with E-state index in [2.05, 4.69) is 5.32 Å². The Kier molecular flexibility index (Phi) is 6.01. The van der Waals surface area contributed by atoms with Crippen LogP contribution in [0.3, 0.4) is 0 Å². The number of carbonyl (C=O) groups excluding carboxylic acids is 1. The predicted octanol–water partition coefficient (Wildman–Crippen LogP) is 1.63. The van der Waals surface area contributed by atoms with Crippen LogP contribution in [0.5, 0.6) is 5.75 Å². The van der Waals surface area contributed by atoms with Gasteiger partial charge in [-0.1, -0.05) is 12.5 Å². The largest absolute Gasteiger partial charge is 0.497 e. The molecule has 0 spiro atoms. The average Bonchev–Trinajstić information content (AvgIpc) is 2.55. The Hall–Kier alpha value is -1.60. The van der Waals surface area contributed by atoms with Crippen molar-refractivity contribution in [2.45, 2.75) is 32.2 Å². The minimum Gasteiger partial charge on any atom is -0.497 e. The van der Waals surface area contributed by atoms with Crippen LogP contribution in [0.4, 0.5) is 0 Å². The van der Waals surface area contributed by atoms with E-state index >= 15 is 0 Å². The summed E-state index contributed by atoms with van der Waals surface area (Å²) in [6, 6.07) is 6.80. The summed E-state index contributed by atoms with van der Waals surface area (Å²) in [7, 11) is -1.80. The SMILES string of the molecule is COc1cccc(C(=O)NCCS(=O)(=O)N2CCCC[C@H]2C)c1. The fourth-order valence-electron chi connectivity index (χ4n) is 2.76. The number of sulfonamides is 1. The highest BCUT2D eigenvalue weighted by atomic mass is 32.2. The molecule has 1 amide bonds. The number of methoxy groups -OCH3 is 1. The van der Waals surface area contributed by atoms with Gasteiger partial charge < -0.3 is 10.1 Å². The van der Waals surface area contributed by atoms with Crippen LogP contribution in [0, 0.1) is 0 Å². The lowest BCUT2D eigenvalue weighted by Crippen LogP contribution is -2.45. The molecule has 1 heterocycles. The molecule has 0 radical (unpaired) electrons. The Balaban J connectivity index is 1.89. The molecule has 23 heavy (non-hydrogen) atoms. The Morgan fingerprint density at radius 1 is 1.39 bits per heavy atom. The molecule has 0 aliphatic carbocycles. The van der Waals surface area contributed by atoms with E-state index < -0.39 is 10.0 Å². The Morgan fingerprint density at radius 2 is 2.17 bits per heavy atom. The third-order valence-corrected chi connectivity index (χ3v) is 6.05. The van der Waals surface area contributed by atoms with Gasteiger partial charge in [0.15, 0.2) is 0 Å². The first-order valence-electron chi connectivity index (χ1n) is 7.86. The zero-order valence-electron chi connectivity index (χ0n) is 13.6. The van der Waals surface area contributed by atoms with Crippen molar-refractivity contribution in [1.82, 2.24) is 9.62 Å². The smallest absolute Gasteiger partial charge is 0.251 e. The van der Waals surface area contributed by atoms with Gasteiger partial charge in [-0.2, -0.15) is 4.31 Å². The molecule has 1 atom stereocenters. The van der Waals surface area contributed by atoms with Gasteiger partial charge in [0.25, 0.3) is 5.91 Å². The van der Waals surface area contributed by atoms with Gasteiger partial charge in [0.2, 0.25) is 10.0 Å². The normalized spacial score (nSPS) is 19.3. The van der Waals surface area contributed by atoms with Crippen LogP contribution < -0.4 is 10.1 Å². The van der Waals surface area contributed by atoms with Gasteiger partial charge in [-0.05, 0) is 38.0 Å². The van der Waals surface area contributed by atoms with E-state index in [0.29, 0.717) is 17.9 Å². The van der Waals surface area contributed by atoms with E-state index in [9.17, 15) is 13.2 Å². The molecule has 0 unspecified atom stereocenters. The third-order valence-electron chi connectivity index (χ3n) is 4.08. The molecule has 0 bridgehead atoms. The molecule has 1 fully saturated rings. The summed E-state index contributed by atoms with van der Waals surface area (Å²) in [5.74, 6) is 0.214. The maximum absolute atomic E-state index is 12.4. The zero-order chi connectivity index (χ0) is 16.9. The zero-order valence-corrected chi connectivity index (χ0v) is 14.4. The van der Waals surface area contributed by atoms with Crippen molar-refractivity contribution in [3.63, 3.8) is 0 Å². The maximum atomic E-state index is 12.4. The number of rotatable bonds is 6. The van der Waals surface area contributed by atoms with Gasteiger partial charge in [-0.15, -0.1) is 0 Å². The van der Waals surface area contributed by atoms with Gasteiger partial charge in [0, 0.05) is 24.7 Å². The van der Waals surface area contributed by atoms with Crippen LogP contribution in [0.2, 0.25) is 0 Å². The van der Waals surface area contributed by atoms with E-state index in [0.717, 1.165) is 19.3 Å². The number of hydrogen-bond acceptors (Lipinski definition) is 4. The summed E-state index contributed by atoms with van der Waals surface area (Å²) in [6.07, 6.45) is 2.87. The van der Waals surface area contributed by atoms with E-state index in [4.69, 9.17) is 4.74 Å². The molecular weight excluding hydrogens is 316 g/mol. The molecule has 1 aliphatic heterocycles. The van der Waals surface area contributed by atoms with Crippen LogP contribution >= 0.6 is 0 Å². The van der Waals surface area contributed by atoms with Gasteiger partial charge in [0.05, 0.1) is 12.9 Å². The Morgan fingerprint density at radius 3 is 2.87 bits per heavy atom. The molecule has 0 aromatic heterocycles. The quantitative estimate of drug-likeness (QED) is 0.854. The Labute approximate surface area is 137 Å². The molecule has 2 rings (SSSR count). The predicted molar refractivity (Wildman–Crippen MR) is 89.1 cm³/mol. The van der Waals surface area contributed by atoms with Crippen LogP contribution in [-0.4, -0.2) is 50.6 Å². The molecule has 1 aromatic rings. The standard InChI is InChI=1S/C16H24N2O4S/c1-13-6-3-4-10-18(13)23(20,21)11-9-17-16(19)14-7-5-8-15(12-14)22-2/h5,7-8,12-13H,3-4,6,9-11H2,1-2H3,(H,17,19)/t13-/m1/s1. The molecule has 1 N–H and O–H groups in total. The van der Waals surface area contributed by atoms with Gasteiger partial charge in [0.1, 0.15) is 5.75 Å². The van der Waals surface area contributed by atoms with Gasteiger partial charge >= 0.3 is 0 Å². The highest BCUT2D eigenvalue weighted by molar-refractivity contribution is 7.89. The minimum absolute atomic E-state index is 0.0443. The first-order valence-corrected chi connectivity index (χ1v) is 9.47. The highest BCUT2D eigenvalue weighted by Gasteiger charge is 2.29. The lowest BCUT2D eigenvalue weighted by Gasteiger charge is -2.32. The number of hydrogen-bond donors (Lipinski definition) is 1. The van der Waals surface area contributed by atoms with Crippen LogP contribution in [0.25, 0.3) is 0 Å². The molecule has 1 saturated heterocycles. The summed E-state index contributed by atoms with van der Waals surface area (Å²) in [6.45, 7) is 2.61. The second-order valence-corrected chi connectivity index (χ2v) is 7.80. The number of piperidine rings is 1. The second kappa shape index (κ2) is 7.79. The van der Waals surface area contributed by atoms with Crippen LogP contribution in [0.15, 0.2) is 24.3 Å². The molecule has 1 aromatic carbocycles. The van der Waals surface area contributed by atoms with Gasteiger partial charge in [-0.3, -0.25) is 4.79 Å². The van der Waals surface area contributed by atoms with Crippen molar-refractivity contribution < 1.29 is 17.9 Å². The number of amides is 1. The van der Waals surface area contributed by atoms with Gasteiger partial charge in [-0.25, -0.2) is 8.42 Å². The van der Waals surface area contributed by atoms with Crippen LogP contribution in [-0.2, 0) is 10.0 Å². The maximum Gasteiger partial charge on any atom is 0.251 e. The van der Waals surface area contributed by atoms with E-state index in [1.165, 1.54) is 7.11 Å². The topological polar surface area (TPSA) is 75.7 Å². The van der Waals surface area contributed by atoms with E-state index in [1.807, 2.05) is 6.92 Å². The number of benzene rings is 1. The first-order chi connectivity index (χ1) is 10.9. The minimum atomic E-state index is -3.33. The molecule has 0 saturated carbocycles. The average molecular weight is 340 g/mol. The number of ether oxygens (including phenoxy) is 1. The van der Waals surface area contributed by atoms with Crippen LogP contribution in [0.1, 0.15) is 36.5 Å². The number of carbonyl (C=O) groups is 1. The van der Waals surface area contributed by atoms with E-state index in [1.54, 1.807) is 28.6 Å². The lowest BCUT2D eigenvalue weighted by molar-refractivity contribution is 0.0955. The summed E-state index contributed by atoms with van der Waals surface area (Å²) < 4.78 is 31.4. The summed E-state index contributed by atoms with van der Waals surface area (Å²) in [4.78, 5) is 12.1. The third kappa shape index (κ3) is 4.68. The Bertz CT molecular complexity index is 645. The van der Waals surface area contributed by atoms with E-state index in [-0.39, 0.29) is 24.2 Å². The monoisotopic (exact) mass is 340 g/mol. The molecule has 6 nitrogen and oxygen atoms in total. The van der Waals surface area contributed by atoms with Crippen molar-refractivity contribution in [1.29, 1.82) is 0 Å². The van der Waals surface area contributed by atoms with Crippen molar-refractivity contribution in [3.05, 3.63) is 29.8 Å². The fraction of sp³-hybridized carbons (Fsp3) is 0.562. The molecular formula is C16H24N2O4S. The number of nitrogens with one attached hydrogen (secondary N) is 1. The second-order valence-electron chi connectivity index (χ2n) is 5.76. The number of nitrogens with zero attached hydrogens (tertiary/aromatic N) is 1. The molecule has 1 aliphatic rings. The summed E-state index contributed by atoms with van der Waals surface area (Å²) in [5, 5.41) is 2.66. The fourth-order valence-corrected chi connectivity index (χ4v) is 4.42. The summed E-state index contributed by atoms with van der Waals surface area (Å²) in [5.41, 5.74) is 0.452. The highest BCUT2D eigenvalue weighted by Crippen LogP contribution is 2.20. The van der Waals surface area contributed by atoms with Crippen molar-refractivity contribution in [2.75, 3.05) is 26.0 Å². The molecule has 128 valence electrons. The van der Waals surface area contributed by atoms with Crippen molar-refractivity contribution in [3.8, 4) is 5.75 Å². The lowest BCUT2D eigenvalue weighted by atomic mass is 10.1. The van der Waals surface area contributed by atoms with Crippen molar-refractivity contribution >= 4 is 15.9 Å². The first kappa shape index (κ1) is 17.7. The van der Waals surface area contributed by atoms with Crippen molar-refractivity contribution in [2.24, 2.45) is 0 Å². The summed E-state index contributed by atoms with van der Waals surface area (Å²) >= 11 is 0.